The molecule has 0 bridgehead atoms. The molecule has 0 saturated carbocycles. The van der Waals surface area contributed by atoms with Crippen molar-refractivity contribution >= 4 is 33.9 Å². The van der Waals surface area contributed by atoms with Crippen LogP contribution in [0.25, 0.3) is 0 Å². The van der Waals surface area contributed by atoms with E-state index in [9.17, 15) is 0 Å². The summed E-state index contributed by atoms with van der Waals surface area (Å²) < 4.78 is 0. The molecule has 14 heavy (non-hydrogen) atoms. The third-order valence-electron chi connectivity index (χ3n) is 2.73. The van der Waals surface area contributed by atoms with Gasteiger partial charge in [-0.2, -0.15) is 0 Å². The quantitative estimate of drug-likeness (QED) is 0.709. The molecule has 1 aromatic rings. The third-order valence-corrected chi connectivity index (χ3v) is 14.0. The van der Waals surface area contributed by atoms with Crippen molar-refractivity contribution in [3.8, 4) is 0 Å². The van der Waals surface area contributed by atoms with E-state index in [1.807, 2.05) is 18.2 Å². The molecule has 0 amide bonds. The molecule has 0 aliphatic carbocycles. The van der Waals surface area contributed by atoms with Gasteiger partial charge in [-0.25, -0.2) is 0 Å². The maximum atomic E-state index is 6.64. The zero-order valence-corrected chi connectivity index (χ0v) is 12.3. The van der Waals surface area contributed by atoms with Crippen molar-refractivity contribution in [3.63, 3.8) is 0 Å². The summed E-state index contributed by atoms with van der Waals surface area (Å²) in [7, 11) is 6.64. The second-order valence-corrected chi connectivity index (χ2v) is 16.7. The zero-order valence-electron chi connectivity index (χ0n) is 8.69. The van der Waals surface area contributed by atoms with Crippen molar-refractivity contribution in [1.82, 2.24) is 0 Å². The molecule has 0 N–H and O–H groups in total. The van der Waals surface area contributed by atoms with Crippen LogP contribution in [0.5, 0.6) is 0 Å². The van der Waals surface area contributed by atoms with Gasteiger partial charge in [0.1, 0.15) is 0 Å². The van der Waals surface area contributed by atoms with E-state index < -0.39 is 12.3 Å². The van der Waals surface area contributed by atoms with Crippen LogP contribution in [0.15, 0.2) is 24.3 Å². The van der Waals surface area contributed by atoms with Crippen molar-refractivity contribution in [1.29, 1.82) is 0 Å². The number of halogens is 2. The Morgan fingerprint density at radius 1 is 1.14 bits per heavy atom. The molecule has 0 aliphatic rings. The summed E-state index contributed by atoms with van der Waals surface area (Å²) in [6, 6.07) is 8.04. The Bertz CT molecular complexity index is 295. The summed E-state index contributed by atoms with van der Waals surface area (Å²) in [6.07, 6.45) is 0. The van der Waals surface area contributed by atoms with Crippen LogP contribution in [0.2, 0.25) is 15.5 Å². The van der Waals surface area contributed by atoms with Crippen LogP contribution in [0.1, 0.15) is 19.4 Å². The molecule has 0 heterocycles. The third kappa shape index (κ3) is 3.18. The molecule has 0 unspecified atom stereocenters. The minimum atomic E-state index is -2.09. The first-order valence-corrected chi connectivity index (χ1v) is 12.6. The van der Waals surface area contributed by atoms with Crippen molar-refractivity contribution < 1.29 is 0 Å². The van der Waals surface area contributed by atoms with E-state index in [1.54, 1.807) is 0 Å². The average molecular weight is 292 g/mol. The van der Waals surface area contributed by atoms with Gasteiger partial charge in [0.15, 0.2) is 0 Å². The van der Waals surface area contributed by atoms with Gasteiger partial charge in [-0.1, -0.05) is 0 Å². The van der Waals surface area contributed by atoms with Crippen LogP contribution in [0.3, 0.4) is 0 Å². The number of hydrogen-bond donors (Lipinski definition) is 0. The Labute approximate surface area is 98.2 Å². The standard InChI is InChI=1S/C11H16Cl2Ge/c1-3-14(13,4-2)9-10-7-5-6-8-11(10)12/h5-8H,3-4,9H2,1-2H3. The van der Waals surface area contributed by atoms with Gasteiger partial charge in [0, 0.05) is 0 Å². The summed E-state index contributed by atoms with van der Waals surface area (Å²) in [5, 5.41) is 4.21. The molecule has 3 heteroatoms. The van der Waals surface area contributed by atoms with Crippen LogP contribution in [-0.2, 0) is 5.25 Å². The van der Waals surface area contributed by atoms with Crippen LogP contribution in [-0.4, -0.2) is 12.3 Å². The Hall–Kier alpha value is 0.343. The summed E-state index contributed by atoms with van der Waals surface area (Å²) in [5.74, 6) is 0. The van der Waals surface area contributed by atoms with E-state index in [1.165, 1.54) is 5.56 Å². The van der Waals surface area contributed by atoms with E-state index in [0.29, 0.717) is 0 Å². The monoisotopic (exact) mass is 292 g/mol. The normalized spacial score (nSPS) is 11.7. The number of rotatable bonds is 4. The molecular formula is C11H16Cl2Ge. The summed E-state index contributed by atoms with van der Waals surface area (Å²) in [5.41, 5.74) is 1.23. The minimum absolute atomic E-state index is 0.866. The molecule has 0 nitrogen and oxygen atoms in total. The first-order valence-electron chi connectivity index (χ1n) is 5.03. The first-order chi connectivity index (χ1) is 6.61. The Morgan fingerprint density at radius 3 is 2.21 bits per heavy atom. The molecule has 0 spiro atoms. The van der Waals surface area contributed by atoms with Crippen molar-refractivity contribution in [2.45, 2.75) is 29.6 Å². The van der Waals surface area contributed by atoms with E-state index in [4.69, 9.17) is 21.6 Å². The van der Waals surface area contributed by atoms with Crippen LogP contribution in [0.4, 0.5) is 0 Å². The molecule has 0 radical (unpaired) electrons. The van der Waals surface area contributed by atoms with E-state index in [-0.39, 0.29) is 0 Å². The fourth-order valence-electron chi connectivity index (χ4n) is 1.48. The SMILES string of the molecule is C[CH2][Ge]([Cl])([CH2]C)[CH2]c1ccccc1Cl. The van der Waals surface area contributed by atoms with Crippen LogP contribution in [0, 0.1) is 0 Å². The molecular weight excluding hydrogens is 276 g/mol. The maximum absolute atomic E-state index is 6.64. The van der Waals surface area contributed by atoms with Gasteiger partial charge in [0.2, 0.25) is 0 Å². The molecule has 0 aromatic heterocycles. The predicted molar refractivity (Wildman–Crippen MR) is 67.7 cm³/mol. The van der Waals surface area contributed by atoms with E-state index in [0.717, 1.165) is 20.8 Å². The fraction of sp³-hybridized carbons (Fsp3) is 0.455. The van der Waals surface area contributed by atoms with Crippen molar-refractivity contribution in [2.75, 3.05) is 0 Å². The van der Waals surface area contributed by atoms with Gasteiger partial charge in [-0.05, 0) is 0 Å². The Morgan fingerprint density at radius 2 is 1.71 bits per heavy atom. The molecule has 0 saturated heterocycles. The molecule has 1 aromatic carbocycles. The van der Waals surface area contributed by atoms with Gasteiger partial charge in [-0.15, -0.1) is 0 Å². The van der Waals surface area contributed by atoms with Crippen molar-refractivity contribution in [3.05, 3.63) is 34.9 Å². The van der Waals surface area contributed by atoms with Gasteiger partial charge in [-0.3, -0.25) is 0 Å². The average Bonchev–Trinajstić information content (AvgIpc) is 2.21. The van der Waals surface area contributed by atoms with Gasteiger partial charge < -0.3 is 0 Å². The summed E-state index contributed by atoms with van der Waals surface area (Å²) in [6.45, 7) is 4.40. The predicted octanol–water partition coefficient (Wildman–Crippen LogP) is 4.65. The Balaban J connectivity index is 2.82. The summed E-state index contributed by atoms with van der Waals surface area (Å²) >= 11 is 4.03. The number of benzene rings is 1. The van der Waals surface area contributed by atoms with Crippen molar-refractivity contribution in [2.24, 2.45) is 0 Å². The van der Waals surface area contributed by atoms with Gasteiger partial charge in [0.05, 0.1) is 0 Å². The van der Waals surface area contributed by atoms with Crippen LogP contribution < -0.4 is 0 Å². The van der Waals surface area contributed by atoms with Crippen LogP contribution >= 0.6 is 21.6 Å². The second kappa shape index (κ2) is 5.43. The molecule has 78 valence electrons. The fourth-order valence-corrected chi connectivity index (χ4v) is 6.85. The Kier molecular flexibility index (Phi) is 4.82. The van der Waals surface area contributed by atoms with Gasteiger partial charge in [0.25, 0.3) is 0 Å². The number of hydrogen-bond acceptors (Lipinski definition) is 0. The second-order valence-electron chi connectivity index (χ2n) is 3.63. The van der Waals surface area contributed by atoms with Gasteiger partial charge >= 0.3 is 98.4 Å². The molecule has 0 aliphatic heterocycles. The van der Waals surface area contributed by atoms with E-state index >= 15 is 0 Å². The molecule has 1 rings (SSSR count). The molecule has 0 fully saturated rings. The summed E-state index contributed by atoms with van der Waals surface area (Å²) in [4.78, 5) is 0. The first kappa shape index (κ1) is 12.4. The zero-order chi connectivity index (χ0) is 10.6. The topological polar surface area (TPSA) is 0 Å². The van der Waals surface area contributed by atoms with E-state index in [2.05, 4.69) is 19.9 Å². The molecule has 0 atom stereocenters.